The van der Waals surface area contributed by atoms with E-state index in [1.165, 1.54) is 13.1 Å². The second-order valence-corrected chi connectivity index (χ2v) is 12.6. The largest absolute Gasteiger partial charge is 0.392 e. The number of amides is 2. The fourth-order valence-corrected chi connectivity index (χ4v) is 6.53. The Morgan fingerprint density at radius 1 is 0.851 bits per heavy atom. The monoisotopic (exact) mass is 648 g/mol. The molecule has 1 saturated heterocycles. The van der Waals surface area contributed by atoms with Crippen LogP contribution in [-0.2, 0) is 27.4 Å². The summed E-state index contributed by atoms with van der Waals surface area (Å²) < 4.78 is 13.2. The number of hydrogen-bond donors (Lipinski definition) is 3. The molecule has 5 aromatic rings. The van der Waals surface area contributed by atoms with Gasteiger partial charge < -0.3 is 25.2 Å². The van der Waals surface area contributed by atoms with E-state index in [1.807, 2.05) is 97.1 Å². The number of nitrogens with zero attached hydrogens (tertiary/aromatic N) is 2. The fraction of sp³-hybridized carbons (Fsp3) is 0.243. The third-order valence-corrected chi connectivity index (χ3v) is 9.20. The second kappa shape index (κ2) is 14.9. The highest BCUT2D eigenvalue weighted by molar-refractivity contribution is 7.99. The molecule has 0 radical (unpaired) electrons. The van der Waals surface area contributed by atoms with Crippen LogP contribution in [0.25, 0.3) is 11.0 Å². The third kappa shape index (κ3) is 8.04. The lowest BCUT2D eigenvalue weighted by Crippen LogP contribution is -2.38. The zero-order valence-corrected chi connectivity index (χ0v) is 26.9. The molecule has 4 aromatic carbocycles. The minimum Gasteiger partial charge on any atom is -0.392 e. The van der Waals surface area contributed by atoms with E-state index in [0.717, 1.165) is 38.4 Å². The highest BCUT2D eigenvalue weighted by Gasteiger charge is 2.38. The quantitative estimate of drug-likeness (QED) is 0.145. The zero-order valence-electron chi connectivity index (χ0n) is 26.1. The van der Waals surface area contributed by atoms with Crippen LogP contribution in [0.2, 0.25) is 0 Å². The number of aliphatic hydroxyl groups excluding tert-OH is 1. The second-order valence-electron chi connectivity index (χ2n) is 11.5. The summed E-state index contributed by atoms with van der Waals surface area (Å²) in [4.78, 5) is 34.0. The van der Waals surface area contributed by atoms with E-state index in [0.29, 0.717) is 17.8 Å². The Morgan fingerprint density at radius 3 is 2.23 bits per heavy atom. The summed E-state index contributed by atoms with van der Waals surface area (Å²) in [5.41, 5.74) is 6.10. The number of aliphatic hydroxyl groups is 1. The molecule has 1 aromatic heterocycles. The molecule has 2 amide bonds. The normalized spacial score (nSPS) is 19.3. The smallest absolute Gasteiger partial charge is 0.271 e. The van der Waals surface area contributed by atoms with Crippen LogP contribution in [0.1, 0.15) is 59.0 Å². The molecular weight excluding hydrogens is 612 g/mol. The molecule has 4 atom stereocenters. The van der Waals surface area contributed by atoms with Gasteiger partial charge in [-0.25, -0.2) is 4.98 Å². The number of nitrogens with one attached hydrogen (secondary N) is 2. The minimum atomic E-state index is -0.599. The van der Waals surface area contributed by atoms with E-state index in [4.69, 9.17) is 9.47 Å². The maximum Gasteiger partial charge on any atom is 0.271 e. The number of benzene rings is 4. The van der Waals surface area contributed by atoms with Crippen molar-refractivity contribution in [3.63, 3.8) is 0 Å². The predicted octanol–water partition coefficient (Wildman–Crippen LogP) is 6.59. The van der Waals surface area contributed by atoms with Crippen LogP contribution in [-0.4, -0.2) is 38.7 Å². The number of para-hydroxylation sites is 2. The van der Waals surface area contributed by atoms with Crippen molar-refractivity contribution in [2.24, 2.45) is 5.92 Å². The van der Waals surface area contributed by atoms with Crippen LogP contribution in [0.4, 0.5) is 5.69 Å². The van der Waals surface area contributed by atoms with Gasteiger partial charge in [0.15, 0.2) is 6.29 Å². The van der Waals surface area contributed by atoms with Gasteiger partial charge in [-0.15, -0.1) is 11.8 Å². The Labute approximate surface area is 277 Å². The maximum atomic E-state index is 12.8. The maximum absolute atomic E-state index is 12.8. The van der Waals surface area contributed by atoms with Crippen molar-refractivity contribution in [1.82, 2.24) is 15.3 Å². The van der Waals surface area contributed by atoms with Crippen LogP contribution in [0.15, 0.2) is 108 Å². The predicted molar refractivity (Wildman–Crippen MR) is 182 cm³/mol. The number of thioether (sulfide) groups is 1. The number of hydrogen-bond acceptors (Lipinski definition) is 8. The minimum absolute atomic E-state index is 0.0183. The van der Waals surface area contributed by atoms with E-state index in [-0.39, 0.29) is 42.2 Å². The average Bonchev–Trinajstić information content (AvgIpc) is 3.10. The molecule has 9 nitrogen and oxygen atoms in total. The van der Waals surface area contributed by atoms with Gasteiger partial charge in [-0.05, 0) is 53.1 Å². The van der Waals surface area contributed by atoms with Crippen molar-refractivity contribution in [1.29, 1.82) is 0 Å². The third-order valence-electron chi connectivity index (χ3n) is 8.10. The molecule has 0 bridgehead atoms. The molecule has 0 aliphatic carbocycles. The number of carbonyl (C=O) groups excluding carboxylic acids is 2. The first kappa shape index (κ1) is 32.3. The highest BCUT2D eigenvalue weighted by Crippen LogP contribution is 2.43. The molecule has 0 spiro atoms. The molecule has 1 aliphatic rings. The topological polar surface area (TPSA) is 123 Å². The van der Waals surface area contributed by atoms with Gasteiger partial charge in [-0.3, -0.25) is 14.6 Å². The molecular formula is C37H36N4O5S. The van der Waals surface area contributed by atoms with Crippen molar-refractivity contribution in [2.75, 3.05) is 11.1 Å². The molecule has 0 unspecified atom stereocenters. The summed E-state index contributed by atoms with van der Waals surface area (Å²) in [6.07, 6.45) is 0.538. The first-order valence-corrected chi connectivity index (χ1v) is 16.4. The van der Waals surface area contributed by atoms with E-state index in [1.54, 1.807) is 11.8 Å². The van der Waals surface area contributed by atoms with Crippen LogP contribution >= 0.6 is 11.8 Å². The van der Waals surface area contributed by atoms with Gasteiger partial charge in [0, 0.05) is 41.3 Å². The summed E-state index contributed by atoms with van der Waals surface area (Å²) in [7, 11) is 0. The SMILES string of the molecule is CC(=O)Nc1ccc(SC[C@@H]2O[C@H](c3ccc(CNC(=O)c4cnc5ccccc5n4)cc3)O[C@H](c3ccc(CO)cc3)[C@@H]2C)cc1. The van der Waals surface area contributed by atoms with Gasteiger partial charge in [-0.1, -0.05) is 67.6 Å². The Morgan fingerprint density at radius 2 is 1.53 bits per heavy atom. The molecule has 3 N–H and O–H groups in total. The van der Waals surface area contributed by atoms with Crippen molar-refractivity contribution >= 4 is 40.3 Å². The number of aromatic nitrogens is 2. The summed E-state index contributed by atoms with van der Waals surface area (Å²) >= 11 is 1.69. The lowest BCUT2D eigenvalue weighted by atomic mass is 9.91. The number of rotatable bonds is 10. The van der Waals surface area contributed by atoms with Crippen LogP contribution in [0.5, 0.6) is 0 Å². The molecule has 240 valence electrons. The van der Waals surface area contributed by atoms with E-state index >= 15 is 0 Å². The van der Waals surface area contributed by atoms with Crippen molar-refractivity contribution in [3.05, 3.63) is 131 Å². The Kier molecular flexibility index (Phi) is 10.2. The Hall–Kier alpha value is -4.61. The first-order chi connectivity index (χ1) is 22.9. The van der Waals surface area contributed by atoms with Crippen LogP contribution < -0.4 is 10.6 Å². The highest BCUT2D eigenvalue weighted by atomic mass is 32.2. The first-order valence-electron chi connectivity index (χ1n) is 15.5. The summed E-state index contributed by atoms with van der Waals surface area (Å²) in [6, 6.07) is 30.9. The number of ether oxygens (including phenoxy) is 2. The van der Waals surface area contributed by atoms with Gasteiger partial charge in [0.2, 0.25) is 5.91 Å². The number of fused-ring (bicyclic) bond motifs is 1. The summed E-state index contributed by atoms with van der Waals surface area (Å²) in [5.74, 6) is 0.353. The van der Waals surface area contributed by atoms with Crippen molar-refractivity contribution in [2.45, 2.75) is 50.4 Å². The summed E-state index contributed by atoms with van der Waals surface area (Å²) in [6.45, 7) is 3.94. The number of carbonyl (C=O) groups is 2. The lowest BCUT2D eigenvalue weighted by molar-refractivity contribution is -0.268. The number of anilines is 1. The summed E-state index contributed by atoms with van der Waals surface area (Å²) in [5, 5.41) is 15.3. The molecule has 0 saturated carbocycles. The van der Waals surface area contributed by atoms with E-state index in [2.05, 4.69) is 27.5 Å². The van der Waals surface area contributed by atoms with Gasteiger partial charge in [0.1, 0.15) is 5.69 Å². The average molecular weight is 649 g/mol. The van der Waals surface area contributed by atoms with Gasteiger partial charge in [0.05, 0.1) is 36.0 Å². The molecule has 6 rings (SSSR count). The Balaban J connectivity index is 1.14. The molecule has 2 heterocycles. The van der Waals surface area contributed by atoms with E-state index < -0.39 is 6.29 Å². The zero-order chi connectivity index (χ0) is 32.8. The van der Waals surface area contributed by atoms with Crippen molar-refractivity contribution < 1.29 is 24.2 Å². The van der Waals surface area contributed by atoms with Gasteiger partial charge in [0.25, 0.3) is 5.91 Å². The molecule has 1 aliphatic heterocycles. The lowest BCUT2D eigenvalue weighted by Gasteiger charge is -2.41. The van der Waals surface area contributed by atoms with Gasteiger partial charge in [-0.2, -0.15) is 0 Å². The van der Waals surface area contributed by atoms with E-state index in [9.17, 15) is 14.7 Å². The Bertz CT molecular complexity index is 1830. The standard InChI is InChI=1S/C37H36N4O5S/c1-23-34(22-47-30-17-15-29(16-18-30)40-24(2)43)45-37(46-35(23)27-11-9-26(21-42)10-12-27)28-13-7-25(8-14-28)19-39-36(44)33-20-38-31-5-3-4-6-32(31)41-33/h3-18,20,23,34-35,37,42H,19,21-22H2,1-2H3,(H,39,44)(H,40,43)/t23-,34+,35+,37+/m1/s1. The van der Waals surface area contributed by atoms with Gasteiger partial charge >= 0.3 is 0 Å². The van der Waals surface area contributed by atoms with Crippen LogP contribution in [0.3, 0.4) is 0 Å². The van der Waals surface area contributed by atoms with Crippen LogP contribution in [0, 0.1) is 5.92 Å². The molecule has 47 heavy (non-hydrogen) atoms. The fourth-order valence-electron chi connectivity index (χ4n) is 5.46. The van der Waals surface area contributed by atoms with Crippen molar-refractivity contribution in [3.8, 4) is 0 Å². The molecule has 1 fully saturated rings. The molecule has 10 heteroatoms.